The van der Waals surface area contributed by atoms with Gasteiger partial charge in [0.2, 0.25) is 6.71 Å². The molecule has 1 aliphatic heterocycles. The molecule has 7 aromatic rings. The fraction of sp³-hybridized carbons (Fsp3) is 0.0889. The van der Waals surface area contributed by atoms with E-state index in [-0.39, 0.29) is 6.71 Å². The molecule has 0 spiro atoms. The van der Waals surface area contributed by atoms with E-state index in [1.54, 1.807) is 0 Å². The summed E-state index contributed by atoms with van der Waals surface area (Å²) < 4.78 is 0. The molecule has 0 unspecified atom stereocenters. The van der Waals surface area contributed by atoms with E-state index >= 15 is 0 Å². The van der Waals surface area contributed by atoms with Crippen molar-refractivity contribution >= 4 is 40.2 Å². The van der Waals surface area contributed by atoms with Crippen LogP contribution in [0.1, 0.15) is 22.3 Å². The van der Waals surface area contributed by atoms with Gasteiger partial charge in [-0.15, -0.1) is 0 Å². The molecule has 0 atom stereocenters. The van der Waals surface area contributed by atoms with Crippen molar-refractivity contribution in [2.75, 3.05) is 4.90 Å². The molecule has 2 heterocycles. The predicted octanol–water partition coefficient (Wildman–Crippen LogP) is 9.62. The lowest BCUT2D eigenvalue weighted by Crippen LogP contribution is -2.58. The fourth-order valence-electron chi connectivity index (χ4n) is 7.63. The maximum atomic E-state index is 4.64. The van der Waals surface area contributed by atoms with Crippen LogP contribution in [0.2, 0.25) is 0 Å². The molecule has 2 nitrogen and oxygen atoms in total. The third kappa shape index (κ3) is 5.13. The molecule has 3 heteroatoms. The summed E-state index contributed by atoms with van der Waals surface area (Å²) in [6.45, 7) is 9.08. The monoisotopic (exact) mass is 616 g/mol. The summed E-state index contributed by atoms with van der Waals surface area (Å²) in [7, 11) is 0. The quantitative estimate of drug-likeness (QED) is 0.179. The molecule has 1 aromatic heterocycles. The second-order valence-electron chi connectivity index (χ2n) is 13.0. The standard InChI is InChI=1S/C45H37BN2/c1-30-12-10-13-31(2)44(30)46-39-18-8-9-19-42(39)48(45-32(3)14-11-15-33(45)4)43-25-24-37(28-40(43)46)34-20-22-35(23-21-34)38-26-27-47-41(29-38)36-16-6-5-7-17-36/h5-29H,1-4H3. The van der Waals surface area contributed by atoms with Gasteiger partial charge in [-0.2, -0.15) is 0 Å². The summed E-state index contributed by atoms with van der Waals surface area (Å²) in [6, 6.07) is 53.0. The highest BCUT2D eigenvalue weighted by Gasteiger charge is 2.37. The molecule has 0 N–H and O–H groups in total. The first kappa shape index (κ1) is 29.7. The number of pyridine rings is 1. The van der Waals surface area contributed by atoms with Gasteiger partial charge in [0.05, 0.1) is 11.4 Å². The van der Waals surface area contributed by atoms with Crippen molar-refractivity contribution in [1.82, 2.24) is 4.98 Å². The number of hydrogen-bond acceptors (Lipinski definition) is 2. The summed E-state index contributed by atoms with van der Waals surface area (Å²) in [5.41, 5.74) is 19.9. The third-order valence-electron chi connectivity index (χ3n) is 9.94. The van der Waals surface area contributed by atoms with Crippen molar-refractivity contribution in [2.24, 2.45) is 0 Å². The van der Waals surface area contributed by atoms with E-state index in [4.69, 9.17) is 0 Å². The van der Waals surface area contributed by atoms with Crippen molar-refractivity contribution in [3.05, 3.63) is 174 Å². The second-order valence-corrected chi connectivity index (χ2v) is 13.0. The van der Waals surface area contributed by atoms with Gasteiger partial charge in [0, 0.05) is 23.1 Å². The van der Waals surface area contributed by atoms with Crippen LogP contribution < -0.4 is 21.3 Å². The molecule has 230 valence electrons. The zero-order valence-corrected chi connectivity index (χ0v) is 27.9. The zero-order valence-electron chi connectivity index (χ0n) is 27.9. The smallest absolute Gasteiger partial charge is 0.247 e. The number of para-hydroxylation sites is 2. The number of fused-ring (bicyclic) bond motifs is 2. The fourth-order valence-corrected chi connectivity index (χ4v) is 7.63. The van der Waals surface area contributed by atoms with Crippen LogP contribution in [0.25, 0.3) is 33.5 Å². The minimum absolute atomic E-state index is 0.116. The molecule has 6 aromatic carbocycles. The van der Waals surface area contributed by atoms with Crippen LogP contribution in [0.4, 0.5) is 17.1 Å². The molecular weight excluding hydrogens is 579 g/mol. The van der Waals surface area contributed by atoms with Crippen molar-refractivity contribution in [1.29, 1.82) is 0 Å². The van der Waals surface area contributed by atoms with Gasteiger partial charge in [-0.25, -0.2) is 0 Å². The van der Waals surface area contributed by atoms with Crippen molar-refractivity contribution in [3.8, 4) is 33.5 Å². The number of aryl methyl sites for hydroxylation is 4. The number of hydrogen-bond donors (Lipinski definition) is 0. The number of nitrogens with zero attached hydrogens (tertiary/aromatic N) is 2. The van der Waals surface area contributed by atoms with Crippen LogP contribution in [0.15, 0.2) is 152 Å². The first-order valence-electron chi connectivity index (χ1n) is 16.8. The maximum absolute atomic E-state index is 4.64. The number of rotatable bonds is 5. The Kier molecular flexibility index (Phi) is 7.53. The highest BCUT2D eigenvalue weighted by molar-refractivity contribution is 6.98. The summed E-state index contributed by atoms with van der Waals surface area (Å²) in [6.07, 6.45) is 1.91. The maximum Gasteiger partial charge on any atom is 0.247 e. The Labute approximate surface area is 284 Å². The van der Waals surface area contributed by atoms with Gasteiger partial charge in [-0.1, -0.05) is 138 Å². The van der Waals surface area contributed by atoms with Crippen molar-refractivity contribution < 1.29 is 0 Å². The van der Waals surface area contributed by atoms with Crippen LogP contribution in [0, 0.1) is 27.7 Å². The molecule has 0 bridgehead atoms. The predicted molar refractivity (Wildman–Crippen MR) is 205 cm³/mol. The molecule has 0 amide bonds. The molecule has 0 saturated carbocycles. The van der Waals surface area contributed by atoms with E-state index in [1.807, 2.05) is 12.3 Å². The summed E-state index contributed by atoms with van der Waals surface area (Å²) in [4.78, 5) is 7.14. The molecular formula is C45H37BN2. The Balaban J connectivity index is 1.27. The molecule has 0 radical (unpaired) electrons. The number of anilines is 3. The molecule has 1 aliphatic rings. The summed E-state index contributed by atoms with van der Waals surface area (Å²) in [5.74, 6) is 0. The Morgan fingerprint density at radius 1 is 0.438 bits per heavy atom. The number of aromatic nitrogens is 1. The van der Waals surface area contributed by atoms with E-state index < -0.39 is 0 Å². The minimum atomic E-state index is 0.116. The van der Waals surface area contributed by atoms with E-state index in [9.17, 15) is 0 Å². The van der Waals surface area contributed by atoms with E-state index in [1.165, 1.54) is 72.4 Å². The summed E-state index contributed by atoms with van der Waals surface area (Å²) in [5, 5.41) is 0. The first-order chi connectivity index (χ1) is 23.5. The average Bonchev–Trinajstić information content (AvgIpc) is 3.12. The van der Waals surface area contributed by atoms with Crippen LogP contribution in [0.5, 0.6) is 0 Å². The van der Waals surface area contributed by atoms with Crippen LogP contribution in [0.3, 0.4) is 0 Å². The van der Waals surface area contributed by atoms with Crippen molar-refractivity contribution in [3.63, 3.8) is 0 Å². The van der Waals surface area contributed by atoms with Gasteiger partial charge in [0.15, 0.2) is 0 Å². The van der Waals surface area contributed by atoms with E-state index in [0.717, 1.165) is 16.8 Å². The van der Waals surface area contributed by atoms with Crippen LogP contribution in [-0.4, -0.2) is 11.7 Å². The molecule has 48 heavy (non-hydrogen) atoms. The highest BCUT2D eigenvalue weighted by atomic mass is 15.2. The SMILES string of the molecule is Cc1cccc(C)c1B1c2ccccc2N(c2c(C)cccc2C)c2ccc(-c3ccc(-c4ccnc(-c5ccccc5)c4)cc3)cc21. The second kappa shape index (κ2) is 12.2. The lowest BCUT2D eigenvalue weighted by Gasteiger charge is -2.39. The molecule has 0 fully saturated rings. The van der Waals surface area contributed by atoms with E-state index in [0.29, 0.717) is 0 Å². The zero-order chi connectivity index (χ0) is 32.8. The minimum Gasteiger partial charge on any atom is -0.311 e. The van der Waals surface area contributed by atoms with Crippen LogP contribution in [-0.2, 0) is 0 Å². The number of benzene rings is 6. The first-order valence-corrected chi connectivity index (χ1v) is 16.8. The van der Waals surface area contributed by atoms with Gasteiger partial charge in [-0.05, 0) is 96.3 Å². The Morgan fingerprint density at radius 3 is 1.69 bits per heavy atom. The highest BCUT2D eigenvalue weighted by Crippen LogP contribution is 2.40. The lowest BCUT2D eigenvalue weighted by atomic mass is 9.33. The topological polar surface area (TPSA) is 16.1 Å². The van der Waals surface area contributed by atoms with Crippen molar-refractivity contribution in [2.45, 2.75) is 27.7 Å². The van der Waals surface area contributed by atoms with Gasteiger partial charge in [-0.3, -0.25) is 4.98 Å². The Bertz CT molecular complexity index is 2250. The average molecular weight is 617 g/mol. The third-order valence-corrected chi connectivity index (χ3v) is 9.94. The lowest BCUT2D eigenvalue weighted by molar-refractivity contribution is 1.22. The van der Waals surface area contributed by atoms with Gasteiger partial charge in [0.25, 0.3) is 0 Å². The molecule has 0 saturated heterocycles. The van der Waals surface area contributed by atoms with Crippen LogP contribution >= 0.6 is 0 Å². The van der Waals surface area contributed by atoms with Gasteiger partial charge >= 0.3 is 0 Å². The summed E-state index contributed by atoms with van der Waals surface area (Å²) >= 11 is 0. The largest absolute Gasteiger partial charge is 0.311 e. The molecule has 0 aliphatic carbocycles. The van der Waals surface area contributed by atoms with Gasteiger partial charge < -0.3 is 4.90 Å². The molecule has 8 rings (SSSR count). The van der Waals surface area contributed by atoms with Gasteiger partial charge in [0.1, 0.15) is 0 Å². The Morgan fingerprint density at radius 2 is 1.00 bits per heavy atom. The Hall–Kier alpha value is -5.67. The normalized spacial score (nSPS) is 12.1. The van der Waals surface area contributed by atoms with E-state index in [2.05, 4.69) is 177 Å².